The summed E-state index contributed by atoms with van der Waals surface area (Å²) in [6, 6.07) is 5.68. The average Bonchev–Trinajstić information content (AvgIpc) is 2.67. The molecule has 1 heterocycles. The number of rotatable bonds is 3. The minimum Gasteiger partial charge on any atom is -0.441 e. The Hall–Kier alpha value is -0.990. The second kappa shape index (κ2) is 4.89. The molecule has 1 aromatic carbocycles. The molecule has 16 heavy (non-hydrogen) atoms. The van der Waals surface area contributed by atoms with Crippen LogP contribution in [-0.2, 0) is 6.42 Å². The van der Waals surface area contributed by atoms with Gasteiger partial charge in [-0.3, -0.25) is 0 Å². The van der Waals surface area contributed by atoms with Crippen LogP contribution in [0.25, 0.3) is 11.3 Å². The molecule has 2 nitrogen and oxygen atoms in total. The third kappa shape index (κ3) is 2.39. The van der Waals surface area contributed by atoms with Crippen molar-refractivity contribution in [2.24, 2.45) is 0 Å². The molecule has 0 radical (unpaired) electrons. The summed E-state index contributed by atoms with van der Waals surface area (Å²) in [5, 5.41) is 0.724. The monoisotopic (exact) mass is 255 g/mol. The molecule has 0 spiro atoms. The van der Waals surface area contributed by atoms with Gasteiger partial charge in [0.15, 0.2) is 11.7 Å². The zero-order valence-corrected chi connectivity index (χ0v) is 10.3. The van der Waals surface area contributed by atoms with Gasteiger partial charge in [-0.25, -0.2) is 4.98 Å². The first-order chi connectivity index (χ1) is 7.70. The molecule has 2 rings (SSSR count). The minimum absolute atomic E-state index is 0.513. The number of oxazole rings is 1. The Labute approximate surface area is 104 Å². The molecule has 1 aromatic heterocycles. The van der Waals surface area contributed by atoms with Crippen molar-refractivity contribution < 1.29 is 4.42 Å². The van der Waals surface area contributed by atoms with Crippen molar-refractivity contribution in [3.8, 4) is 11.3 Å². The summed E-state index contributed by atoms with van der Waals surface area (Å²) in [4.78, 5) is 4.16. The first-order valence-electron chi connectivity index (χ1n) is 4.98. The van der Waals surface area contributed by atoms with Crippen LogP contribution < -0.4 is 0 Å². The van der Waals surface area contributed by atoms with E-state index in [1.165, 1.54) is 0 Å². The Morgan fingerprint density at radius 2 is 2.19 bits per heavy atom. The quantitative estimate of drug-likeness (QED) is 0.773. The predicted octanol–water partition coefficient (Wildman–Crippen LogP) is 4.08. The summed E-state index contributed by atoms with van der Waals surface area (Å²) in [5.41, 5.74) is 2.08. The molecule has 0 unspecified atom stereocenters. The van der Waals surface area contributed by atoms with E-state index in [4.69, 9.17) is 27.6 Å². The molecule has 4 heteroatoms. The molecule has 0 aliphatic rings. The predicted molar refractivity (Wildman–Crippen MR) is 66.1 cm³/mol. The highest BCUT2D eigenvalue weighted by atomic mass is 35.5. The topological polar surface area (TPSA) is 26.0 Å². The molecular weight excluding hydrogens is 245 g/mol. The van der Waals surface area contributed by atoms with Crippen LogP contribution in [0.3, 0.4) is 0 Å². The third-order valence-electron chi connectivity index (χ3n) is 2.32. The zero-order chi connectivity index (χ0) is 11.5. The third-order valence-corrected chi connectivity index (χ3v) is 2.74. The summed E-state index contributed by atoms with van der Waals surface area (Å²) < 4.78 is 5.59. The molecule has 0 aliphatic heterocycles. The number of nitrogens with zero attached hydrogens (tertiary/aromatic N) is 1. The van der Waals surface area contributed by atoms with E-state index in [9.17, 15) is 0 Å². The maximum Gasteiger partial charge on any atom is 0.196 e. The molecule has 0 saturated carbocycles. The summed E-state index contributed by atoms with van der Waals surface area (Å²) in [6.45, 7) is 1.99. The van der Waals surface area contributed by atoms with Crippen LogP contribution in [0.15, 0.2) is 28.8 Å². The molecule has 84 valence electrons. The first kappa shape index (κ1) is 11.5. The molecule has 0 amide bonds. The van der Waals surface area contributed by atoms with Gasteiger partial charge in [-0.1, -0.05) is 11.6 Å². The van der Waals surface area contributed by atoms with Crippen molar-refractivity contribution in [2.45, 2.75) is 13.3 Å². The van der Waals surface area contributed by atoms with Gasteiger partial charge in [0, 0.05) is 22.9 Å². The van der Waals surface area contributed by atoms with Crippen LogP contribution in [0.2, 0.25) is 5.02 Å². The lowest BCUT2D eigenvalue weighted by Gasteiger charge is -2.01. The Morgan fingerprint density at radius 1 is 1.38 bits per heavy atom. The van der Waals surface area contributed by atoms with E-state index in [0.29, 0.717) is 18.2 Å². The van der Waals surface area contributed by atoms with E-state index < -0.39 is 0 Å². The minimum atomic E-state index is 0.513. The lowest BCUT2D eigenvalue weighted by Crippen LogP contribution is -1.83. The fourth-order valence-corrected chi connectivity index (χ4v) is 1.92. The summed E-state index contributed by atoms with van der Waals surface area (Å²) in [7, 11) is 0. The molecule has 0 saturated heterocycles. The number of aromatic nitrogens is 1. The maximum atomic E-state index is 5.90. The molecule has 0 aliphatic carbocycles. The Morgan fingerprint density at radius 3 is 2.88 bits per heavy atom. The van der Waals surface area contributed by atoms with Crippen molar-refractivity contribution in [3.05, 3.63) is 40.9 Å². The van der Waals surface area contributed by atoms with E-state index in [1.807, 2.05) is 25.1 Å². The van der Waals surface area contributed by atoms with Crippen molar-refractivity contribution in [2.75, 3.05) is 5.88 Å². The number of alkyl halides is 1. The number of hydrogen-bond donors (Lipinski definition) is 0. The summed E-state index contributed by atoms with van der Waals surface area (Å²) >= 11 is 11.5. The van der Waals surface area contributed by atoms with Crippen molar-refractivity contribution >= 4 is 23.2 Å². The number of aryl methyl sites for hydroxylation is 2. The standard InChI is InChI=1S/C12H11Cl2NO/c1-8-6-9(14)2-3-10(8)11-7-15-12(16-11)4-5-13/h2-3,6-7H,4-5H2,1H3. The van der Waals surface area contributed by atoms with E-state index in [-0.39, 0.29) is 0 Å². The second-order valence-corrected chi connectivity index (χ2v) is 4.33. The van der Waals surface area contributed by atoms with Gasteiger partial charge in [-0.15, -0.1) is 11.6 Å². The lowest BCUT2D eigenvalue weighted by molar-refractivity contribution is 0.514. The van der Waals surface area contributed by atoms with Gasteiger partial charge in [-0.05, 0) is 30.7 Å². The van der Waals surface area contributed by atoms with Crippen molar-refractivity contribution in [1.82, 2.24) is 4.98 Å². The Bertz CT molecular complexity index is 494. The highest BCUT2D eigenvalue weighted by Gasteiger charge is 2.08. The fourth-order valence-electron chi connectivity index (χ4n) is 1.53. The van der Waals surface area contributed by atoms with Gasteiger partial charge >= 0.3 is 0 Å². The zero-order valence-electron chi connectivity index (χ0n) is 8.84. The molecule has 0 fully saturated rings. The van der Waals surface area contributed by atoms with Gasteiger partial charge in [-0.2, -0.15) is 0 Å². The summed E-state index contributed by atoms with van der Waals surface area (Å²) in [6.07, 6.45) is 2.37. The van der Waals surface area contributed by atoms with Crippen molar-refractivity contribution in [3.63, 3.8) is 0 Å². The average molecular weight is 256 g/mol. The van der Waals surface area contributed by atoms with Gasteiger partial charge in [0.05, 0.1) is 6.20 Å². The van der Waals surface area contributed by atoms with Crippen LogP contribution in [0.4, 0.5) is 0 Å². The van der Waals surface area contributed by atoms with Gasteiger partial charge in [0.2, 0.25) is 0 Å². The van der Waals surface area contributed by atoms with E-state index >= 15 is 0 Å². The molecule has 0 atom stereocenters. The summed E-state index contributed by atoms with van der Waals surface area (Å²) in [5.74, 6) is 1.94. The Kier molecular flexibility index (Phi) is 3.52. The fraction of sp³-hybridized carbons (Fsp3) is 0.250. The SMILES string of the molecule is Cc1cc(Cl)ccc1-c1cnc(CCCl)o1. The van der Waals surface area contributed by atoms with Crippen molar-refractivity contribution in [1.29, 1.82) is 0 Å². The van der Waals surface area contributed by atoms with E-state index in [1.54, 1.807) is 6.20 Å². The van der Waals surface area contributed by atoms with E-state index in [2.05, 4.69) is 4.98 Å². The van der Waals surface area contributed by atoms with Gasteiger partial charge in [0.25, 0.3) is 0 Å². The number of benzene rings is 1. The molecular formula is C12H11Cl2NO. The maximum absolute atomic E-state index is 5.90. The van der Waals surface area contributed by atoms with Crippen LogP contribution >= 0.6 is 23.2 Å². The van der Waals surface area contributed by atoms with Crippen LogP contribution in [-0.4, -0.2) is 10.9 Å². The number of halogens is 2. The largest absolute Gasteiger partial charge is 0.441 e. The second-order valence-electron chi connectivity index (χ2n) is 3.52. The normalized spacial score (nSPS) is 10.7. The first-order valence-corrected chi connectivity index (χ1v) is 5.89. The highest BCUT2D eigenvalue weighted by molar-refractivity contribution is 6.30. The lowest BCUT2D eigenvalue weighted by atomic mass is 10.1. The molecule has 0 bridgehead atoms. The van der Waals surface area contributed by atoms with Gasteiger partial charge < -0.3 is 4.42 Å². The van der Waals surface area contributed by atoms with Crippen LogP contribution in [0.1, 0.15) is 11.5 Å². The molecule has 0 N–H and O–H groups in total. The Balaban J connectivity index is 2.35. The molecule has 2 aromatic rings. The number of hydrogen-bond acceptors (Lipinski definition) is 2. The smallest absolute Gasteiger partial charge is 0.196 e. The van der Waals surface area contributed by atoms with Gasteiger partial charge in [0.1, 0.15) is 0 Å². The highest BCUT2D eigenvalue weighted by Crippen LogP contribution is 2.26. The van der Waals surface area contributed by atoms with Crippen LogP contribution in [0.5, 0.6) is 0 Å². The van der Waals surface area contributed by atoms with Crippen LogP contribution in [0, 0.1) is 6.92 Å². The van der Waals surface area contributed by atoms with E-state index in [0.717, 1.165) is 21.9 Å².